The van der Waals surface area contributed by atoms with Gasteiger partial charge >= 0.3 is 0 Å². The van der Waals surface area contributed by atoms with E-state index < -0.39 is 0 Å². The van der Waals surface area contributed by atoms with Gasteiger partial charge in [0.25, 0.3) is 0 Å². The van der Waals surface area contributed by atoms with Gasteiger partial charge in [0, 0.05) is 6.04 Å². The molecule has 3 N–H and O–H groups in total. The van der Waals surface area contributed by atoms with E-state index >= 15 is 0 Å². The van der Waals surface area contributed by atoms with Crippen LogP contribution in [0.2, 0.25) is 0 Å². The largest absolute Gasteiger partial charge is 0.368 e. The molecule has 2 atom stereocenters. The van der Waals surface area contributed by atoms with Gasteiger partial charge < -0.3 is 11.1 Å². The average Bonchev–Trinajstić information content (AvgIpc) is 2.87. The maximum atomic E-state index is 11.2. The molecule has 16 heavy (non-hydrogen) atoms. The highest BCUT2D eigenvalue weighted by Gasteiger charge is 2.28. The van der Waals surface area contributed by atoms with Gasteiger partial charge in [-0.2, -0.15) is 0 Å². The summed E-state index contributed by atoms with van der Waals surface area (Å²) in [6.07, 6.45) is 7.13. The molecule has 0 aromatic heterocycles. The fourth-order valence-electron chi connectivity index (χ4n) is 2.96. The van der Waals surface area contributed by atoms with Crippen molar-refractivity contribution in [3.63, 3.8) is 0 Å². The summed E-state index contributed by atoms with van der Waals surface area (Å²) in [5.41, 5.74) is 5.39. The molecular formula is C12H23N3O. The summed E-state index contributed by atoms with van der Waals surface area (Å²) >= 11 is 0. The van der Waals surface area contributed by atoms with Gasteiger partial charge in [-0.3, -0.25) is 9.69 Å². The summed E-state index contributed by atoms with van der Waals surface area (Å²) in [4.78, 5) is 13.5. The Kier molecular flexibility index (Phi) is 4.18. The fourth-order valence-corrected chi connectivity index (χ4v) is 2.96. The van der Waals surface area contributed by atoms with Crippen molar-refractivity contribution in [1.29, 1.82) is 0 Å². The number of rotatable bonds is 5. The Morgan fingerprint density at radius 1 is 1.38 bits per heavy atom. The first-order chi connectivity index (χ1) is 7.77. The van der Waals surface area contributed by atoms with Crippen LogP contribution in [-0.4, -0.2) is 42.5 Å². The van der Waals surface area contributed by atoms with Crippen molar-refractivity contribution >= 4 is 5.91 Å². The van der Waals surface area contributed by atoms with E-state index in [4.69, 9.17) is 5.73 Å². The number of hydrogen-bond donors (Lipinski definition) is 2. The summed E-state index contributed by atoms with van der Waals surface area (Å²) in [7, 11) is 0. The van der Waals surface area contributed by atoms with Gasteiger partial charge in [-0.15, -0.1) is 0 Å². The molecule has 0 aromatic rings. The molecule has 4 heteroatoms. The van der Waals surface area contributed by atoms with Gasteiger partial charge in [0.05, 0.1) is 6.04 Å². The molecule has 2 aliphatic rings. The van der Waals surface area contributed by atoms with E-state index in [1.165, 1.54) is 32.2 Å². The molecule has 2 fully saturated rings. The van der Waals surface area contributed by atoms with Crippen LogP contribution in [0.1, 0.15) is 38.5 Å². The monoisotopic (exact) mass is 225 g/mol. The van der Waals surface area contributed by atoms with E-state index in [9.17, 15) is 4.79 Å². The molecular weight excluding hydrogens is 202 g/mol. The lowest BCUT2D eigenvalue weighted by atomic mass is 10.1. The number of amides is 1. The van der Waals surface area contributed by atoms with Crippen molar-refractivity contribution < 1.29 is 4.79 Å². The van der Waals surface area contributed by atoms with E-state index in [0.717, 1.165) is 32.0 Å². The minimum Gasteiger partial charge on any atom is -0.368 e. The van der Waals surface area contributed by atoms with E-state index in [1.807, 2.05) is 0 Å². The van der Waals surface area contributed by atoms with Crippen molar-refractivity contribution in [2.45, 2.75) is 50.6 Å². The van der Waals surface area contributed by atoms with Gasteiger partial charge in [-0.1, -0.05) is 0 Å². The van der Waals surface area contributed by atoms with Crippen LogP contribution in [0.4, 0.5) is 0 Å². The van der Waals surface area contributed by atoms with Crippen molar-refractivity contribution in [3.05, 3.63) is 0 Å². The van der Waals surface area contributed by atoms with E-state index in [0.29, 0.717) is 0 Å². The molecule has 0 saturated carbocycles. The first-order valence-electron chi connectivity index (χ1n) is 6.54. The third-order valence-corrected chi connectivity index (χ3v) is 3.85. The highest BCUT2D eigenvalue weighted by molar-refractivity contribution is 5.80. The van der Waals surface area contributed by atoms with Gasteiger partial charge in [-0.25, -0.2) is 0 Å². The van der Waals surface area contributed by atoms with Crippen LogP contribution in [0.15, 0.2) is 0 Å². The molecule has 2 rings (SSSR count). The summed E-state index contributed by atoms with van der Waals surface area (Å²) in [5, 5.41) is 3.51. The maximum absolute atomic E-state index is 11.2. The fraction of sp³-hybridized carbons (Fsp3) is 0.917. The molecule has 4 nitrogen and oxygen atoms in total. The minimum absolute atomic E-state index is 0.0107. The zero-order valence-corrected chi connectivity index (χ0v) is 9.95. The van der Waals surface area contributed by atoms with Crippen LogP contribution < -0.4 is 11.1 Å². The molecule has 2 heterocycles. The zero-order chi connectivity index (χ0) is 11.4. The highest BCUT2D eigenvalue weighted by Crippen LogP contribution is 2.18. The molecule has 0 spiro atoms. The smallest absolute Gasteiger partial charge is 0.234 e. The zero-order valence-electron chi connectivity index (χ0n) is 9.95. The molecule has 1 amide bonds. The van der Waals surface area contributed by atoms with Crippen molar-refractivity contribution in [3.8, 4) is 0 Å². The Morgan fingerprint density at radius 3 is 2.94 bits per heavy atom. The number of nitrogens with two attached hydrogens (primary N) is 1. The first kappa shape index (κ1) is 11.9. The molecule has 2 saturated heterocycles. The maximum Gasteiger partial charge on any atom is 0.234 e. The minimum atomic E-state index is -0.142. The lowest BCUT2D eigenvalue weighted by Crippen LogP contribution is -2.40. The summed E-state index contributed by atoms with van der Waals surface area (Å²) in [5.74, 6) is -0.142. The Morgan fingerprint density at radius 2 is 2.25 bits per heavy atom. The van der Waals surface area contributed by atoms with Crippen molar-refractivity contribution in [2.24, 2.45) is 5.73 Å². The van der Waals surface area contributed by atoms with Crippen LogP contribution in [0, 0.1) is 0 Å². The Bertz CT molecular complexity index is 238. The quantitative estimate of drug-likeness (QED) is 0.715. The second-order valence-corrected chi connectivity index (χ2v) is 5.03. The molecule has 92 valence electrons. The second kappa shape index (κ2) is 5.64. The number of carbonyl (C=O) groups is 1. The molecule has 2 aliphatic heterocycles. The molecule has 0 radical (unpaired) electrons. The van der Waals surface area contributed by atoms with Crippen LogP contribution in [0.3, 0.4) is 0 Å². The Hall–Kier alpha value is -0.610. The highest BCUT2D eigenvalue weighted by atomic mass is 16.1. The normalized spacial score (nSPS) is 31.0. The summed E-state index contributed by atoms with van der Waals surface area (Å²) in [6.45, 7) is 3.26. The van der Waals surface area contributed by atoms with E-state index in [2.05, 4.69) is 10.2 Å². The van der Waals surface area contributed by atoms with Gasteiger partial charge in [0.15, 0.2) is 0 Å². The average molecular weight is 225 g/mol. The topological polar surface area (TPSA) is 58.4 Å². The van der Waals surface area contributed by atoms with Crippen molar-refractivity contribution in [1.82, 2.24) is 10.2 Å². The Balaban J connectivity index is 1.66. The van der Waals surface area contributed by atoms with E-state index in [1.54, 1.807) is 0 Å². The third kappa shape index (κ3) is 2.95. The number of likely N-dealkylation sites (tertiary alicyclic amines) is 1. The summed E-state index contributed by atoms with van der Waals surface area (Å²) in [6, 6.07) is 0.728. The van der Waals surface area contributed by atoms with Gasteiger partial charge in [0.2, 0.25) is 5.91 Å². The lowest BCUT2D eigenvalue weighted by molar-refractivity contribution is -0.122. The molecule has 0 aliphatic carbocycles. The van der Waals surface area contributed by atoms with Gasteiger partial charge in [0.1, 0.15) is 0 Å². The molecule has 0 aromatic carbocycles. The first-order valence-corrected chi connectivity index (χ1v) is 6.54. The van der Waals surface area contributed by atoms with Crippen LogP contribution in [0.25, 0.3) is 0 Å². The predicted molar refractivity (Wildman–Crippen MR) is 64.0 cm³/mol. The number of carbonyl (C=O) groups excluding carboxylic acids is 1. The van der Waals surface area contributed by atoms with Crippen LogP contribution in [-0.2, 0) is 4.79 Å². The molecule has 0 bridgehead atoms. The summed E-state index contributed by atoms with van der Waals surface area (Å²) < 4.78 is 0. The van der Waals surface area contributed by atoms with Crippen LogP contribution >= 0.6 is 0 Å². The second-order valence-electron chi connectivity index (χ2n) is 5.03. The number of nitrogens with one attached hydrogen (secondary N) is 1. The number of nitrogens with zero attached hydrogens (tertiary/aromatic N) is 1. The van der Waals surface area contributed by atoms with Crippen molar-refractivity contribution in [2.75, 3.05) is 19.6 Å². The van der Waals surface area contributed by atoms with Gasteiger partial charge in [-0.05, 0) is 58.2 Å². The SMILES string of the molecule is NC(=O)C1CCCN1CCCC1CCCN1. The predicted octanol–water partition coefficient (Wildman–Crippen LogP) is 0.468. The Labute approximate surface area is 97.6 Å². The van der Waals surface area contributed by atoms with Crippen LogP contribution in [0.5, 0.6) is 0 Å². The number of hydrogen-bond acceptors (Lipinski definition) is 3. The van der Waals surface area contributed by atoms with E-state index in [-0.39, 0.29) is 11.9 Å². The third-order valence-electron chi connectivity index (χ3n) is 3.85. The number of primary amides is 1. The standard InChI is InChI=1S/C12H23N3O/c13-12(16)11-6-3-9-15(11)8-2-5-10-4-1-7-14-10/h10-11,14H,1-9H2,(H2,13,16). The molecule has 2 unspecified atom stereocenters. The lowest BCUT2D eigenvalue weighted by Gasteiger charge is -2.22.